The fourth-order valence-corrected chi connectivity index (χ4v) is 3.61. The minimum atomic E-state index is -3.18. The van der Waals surface area contributed by atoms with E-state index in [1.165, 1.54) is 11.2 Å². The normalized spacial score (nSPS) is 14.7. The van der Waals surface area contributed by atoms with E-state index in [1.54, 1.807) is 0 Å². The van der Waals surface area contributed by atoms with Crippen molar-refractivity contribution in [2.45, 2.75) is 0 Å². The third-order valence-electron chi connectivity index (χ3n) is 3.91. The topological polar surface area (TPSA) is 66.8 Å². The second-order valence-corrected chi connectivity index (χ2v) is 9.04. The van der Waals surface area contributed by atoms with Crippen molar-refractivity contribution in [3.63, 3.8) is 0 Å². The summed E-state index contributed by atoms with van der Waals surface area (Å²) >= 11 is 3.47. The van der Waals surface area contributed by atoms with Gasteiger partial charge in [-0.1, -0.05) is 46.3 Å². The summed E-state index contributed by atoms with van der Waals surface area (Å²) in [4.78, 5) is 18.6. The molecule has 7 heteroatoms. The molecule has 2 aromatic carbocycles. The average Bonchev–Trinajstić information content (AvgIpc) is 2.69. The molecular weight excluding hydrogens is 404 g/mol. The van der Waals surface area contributed by atoms with Crippen molar-refractivity contribution in [1.82, 2.24) is 0 Å². The number of fused-ring (bicyclic) bond motifs is 1. The molecule has 0 radical (unpaired) electrons. The Morgan fingerprint density at radius 3 is 2.56 bits per heavy atom. The van der Waals surface area contributed by atoms with E-state index in [0.29, 0.717) is 5.69 Å². The zero-order valence-corrected chi connectivity index (χ0v) is 16.0. The Kier molecular flexibility index (Phi) is 5.06. The van der Waals surface area contributed by atoms with Gasteiger partial charge in [0.05, 0.1) is 17.2 Å². The number of amides is 1. The number of halogens is 1. The first kappa shape index (κ1) is 17.8. The molecule has 0 aromatic heterocycles. The Morgan fingerprint density at radius 2 is 1.88 bits per heavy atom. The van der Waals surface area contributed by atoms with Crippen LogP contribution in [-0.2, 0) is 14.6 Å². The molecule has 0 unspecified atom stereocenters. The van der Waals surface area contributed by atoms with Crippen LogP contribution >= 0.6 is 15.9 Å². The SMILES string of the molecule is CS(=O)(=O)CCN1C(=O)CN=C(c2ccccc2)c2cc(Br)ccc21. The highest BCUT2D eigenvalue weighted by Crippen LogP contribution is 2.29. The molecule has 0 bridgehead atoms. The van der Waals surface area contributed by atoms with Crippen LogP contribution in [0.1, 0.15) is 11.1 Å². The molecule has 130 valence electrons. The molecule has 3 rings (SSSR count). The second-order valence-electron chi connectivity index (χ2n) is 5.87. The molecule has 1 aliphatic heterocycles. The summed E-state index contributed by atoms with van der Waals surface area (Å²) in [6, 6.07) is 15.2. The van der Waals surface area contributed by atoms with Gasteiger partial charge in [0.2, 0.25) is 5.91 Å². The maximum atomic E-state index is 12.6. The summed E-state index contributed by atoms with van der Waals surface area (Å²) in [5.74, 6) is -0.298. The van der Waals surface area contributed by atoms with Crippen molar-refractivity contribution >= 4 is 43.1 Å². The zero-order valence-electron chi connectivity index (χ0n) is 13.6. The molecule has 1 heterocycles. The average molecular weight is 421 g/mol. The number of benzene rings is 2. The number of aliphatic imine (C=N–C) groups is 1. The van der Waals surface area contributed by atoms with Crippen LogP contribution in [0, 0.1) is 0 Å². The third kappa shape index (κ3) is 4.16. The smallest absolute Gasteiger partial charge is 0.248 e. The van der Waals surface area contributed by atoms with Gasteiger partial charge >= 0.3 is 0 Å². The van der Waals surface area contributed by atoms with E-state index in [-0.39, 0.29) is 24.7 Å². The van der Waals surface area contributed by atoms with Gasteiger partial charge in [-0.05, 0) is 18.2 Å². The van der Waals surface area contributed by atoms with E-state index in [1.807, 2.05) is 48.5 Å². The lowest BCUT2D eigenvalue weighted by atomic mass is 10.0. The molecular formula is C18H17BrN2O3S. The van der Waals surface area contributed by atoms with Crippen molar-refractivity contribution in [3.05, 3.63) is 64.1 Å². The number of nitrogens with zero attached hydrogens (tertiary/aromatic N) is 2. The minimum Gasteiger partial charge on any atom is -0.309 e. The molecule has 0 N–H and O–H groups in total. The van der Waals surface area contributed by atoms with Crippen LogP contribution in [-0.4, -0.2) is 45.1 Å². The summed E-state index contributed by atoms with van der Waals surface area (Å²) in [7, 11) is -3.18. The van der Waals surface area contributed by atoms with E-state index in [2.05, 4.69) is 20.9 Å². The van der Waals surface area contributed by atoms with Gasteiger partial charge in [0.15, 0.2) is 0 Å². The monoisotopic (exact) mass is 420 g/mol. The third-order valence-corrected chi connectivity index (χ3v) is 5.33. The first-order chi connectivity index (χ1) is 11.8. The van der Waals surface area contributed by atoms with Crippen molar-refractivity contribution in [2.75, 3.05) is 30.0 Å². The molecule has 0 aliphatic carbocycles. The second kappa shape index (κ2) is 7.09. The molecule has 25 heavy (non-hydrogen) atoms. The highest BCUT2D eigenvalue weighted by atomic mass is 79.9. The molecule has 0 saturated carbocycles. The van der Waals surface area contributed by atoms with E-state index in [9.17, 15) is 13.2 Å². The van der Waals surface area contributed by atoms with Crippen molar-refractivity contribution < 1.29 is 13.2 Å². The molecule has 0 atom stereocenters. The highest BCUT2D eigenvalue weighted by molar-refractivity contribution is 9.10. The van der Waals surface area contributed by atoms with Gasteiger partial charge in [0.25, 0.3) is 0 Å². The number of anilines is 1. The summed E-state index contributed by atoms with van der Waals surface area (Å²) in [5, 5.41) is 0. The van der Waals surface area contributed by atoms with E-state index >= 15 is 0 Å². The summed E-state index contributed by atoms with van der Waals surface area (Å²) < 4.78 is 24.0. The quantitative estimate of drug-likeness (QED) is 0.763. The lowest BCUT2D eigenvalue weighted by molar-refractivity contribution is -0.117. The summed E-state index contributed by atoms with van der Waals surface area (Å²) in [5.41, 5.74) is 3.13. The molecule has 0 saturated heterocycles. The zero-order chi connectivity index (χ0) is 18.0. The number of hydrogen-bond acceptors (Lipinski definition) is 4. The minimum absolute atomic E-state index is 0.0136. The van der Waals surface area contributed by atoms with Gasteiger partial charge in [0.1, 0.15) is 16.4 Å². The van der Waals surface area contributed by atoms with Gasteiger partial charge in [-0.3, -0.25) is 9.79 Å². The standard InChI is InChI=1S/C18H17BrN2O3S/c1-25(23,24)10-9-21-16-8-7-14(19)11-15(16)18(20-12-17(21)22)13-5-3-2-4-6-13/h2-8,11H,9-10,12H2,1H3. The van der Waals surface area contributed by atoms with Crippen LogP contribution in [0.15, 0.2) is 58.0 Å². The van der Waals surface area contributed by atoms with E-state index in [0.717, 1.165) is 21.3 Å². The predicted octanol–water partition coefficient (Wildman–Crippen LogP) is 2.68. The Labute approximate surface area is 155 Å². The molecule has 0 spiro atoms. The number of sulfone groups is 1. The van der Waals surface area contributed by atoms with Crippen molar-refractivity contribution in [3.8, 4) is 0 Å². The van der Waals surface area contributed by atoms with Crippen LogP contribution in [0.5, 0.6) is 0 Å². The molecule has 1 amide bonds. The number of carbonyl (C=O) groups excluding carboxylic acids is 1. The Balaban J connectivity index is 2.10. The van der Waals surface area contributed by atoms with Gasteiger partial charge in [-0.15, -0.1) is 0 Å². The van der Waals surface area contributed by atoms with Crippen molar-refractivity contribution in [1.29, 1.82) is 0 Å². The van der Waals surface area contributed by atoms with Crippen LogP contribution in [0.3, 0.4) is 0 Å². The number of rotatable bonds is 4. The van der Waals surface area contributed by atoms with E-state index < -0.39 is 9.84 Å². The largest absolute Gasteiger partial charge is 0.309 e. The number of hydrogen-bond donors (Lipinski definition) is 0. The fourth-order valence-electron chi connectivity index (χ4n) is 2.73. The maximum absolute atomic E-state index is 12.6. The molecule has 1 aliphatic rings. The van der Waals surface area contributed by atoms with Crippen LogP contribution in [0.2, 0.25) is 0 Å². The van der Waals surface area contributed by atoms with E-state index in [4.69, 9.17) is 0 Å². The summed E-state index contributed by atoms with van der Waals surface area (Å²) in [6.07, 6.45) is 1.17. The number of carbonyl (C=O) groups is 1. The van der Waals surface area contributed by atoms with Crippen LogP contribution in [0.25, 0.3) is 0 Å². The van der Waals surface area contributed by atoms with Gasteiger partial charge in [-0.2, -0.15) is 0 Å². The lowest BCUT2D eigenvalue weighted by Gasteiger charge is -2.23. The van der Waals surface area contributed by atoms with Crippen LogP contribution in [0.4, 0.5) is 5.69 Å². The first-order valence-electron chi connectivity index (χ1n) is 7.73. The van der Waals surface area contributed by atoms with Gasteiger partial charge in [-0.25, -0.2) is 8.42 Å². The van der Waals surface area contributed by atoms with Gasteiger partial charge in [0, 0.05) is 28.4 Å². The Hall–Kier alpha value is -1.99. The molecule has 2 aromatic rings. The maximum Gasteiger partial charge on any atom is 0.248 e. The summed E-state index contributed by atoms with van der Waals surface area (Å²) in [6.45, 7) is 0.101. The van der Waals surface area contributed by atoms with Crippen molar-refractivity contribution in [2.24, 2.45) is 4.99 Å². The molecule has 5 nitrogen and oxygen atoms in total. The Bertz CT molecular complexity index is 940. The predicted molar refractivity (Wildman–Crippen MR) is 103 cm³/mol. The van der Waals surface area contributed by atoms with Gasteiger partial charge < -0.3 is 4.90 Å². The molecule has 0 fully saturated rings. The number of benzodiazepines with no additional fused rings is 1. The first-order valence-corrected chi connectivity index (χ1v) is 10.6. The van der Waals surface area contributed by atoms with Crippen LogP contribution < -0.4 is 4.90 Å². The fraction of sp³-hybridized carbons (Fsp3) is 0.222. The Morgan fingerprint density at radius 1 is 1.16 bits per heavy atom. The lowest BCUT2D eigenvalue weighted by Crippen LogP contribution is -2.36. The highest BCUT2D eigenvalue weighted by Gasteiger charge is 2.26.